The molecular weight excluding hydrogens is 798 g/mol. The van der Waals surface area contributed by atoms with Crippen molar-refractivity contribution < 1.29 is 28.7 Å². The number of esters is 1. The van der Waals surface area contributed by atoms with Crippen LogP contribution in [-0.4, -0.2) is 85.1 Å². The van der Waals surface area contributed by atoms with Gasteiger partial charge in [-0.05, 0) is 83.4 Å². The Hall–Kier alpha value is -5.72. The number of methoxy groups -OCH3 is 1. The monoisotopic (exact) mass is 849 g/mol. The fourth-order valence-electron chi connectivity index (χ4n) is 9.94. The molecule has 3 amide bonds. The van der Waals surface area contributed by atoms with Crippen LogP contribution >= 0.6 is 11.6 Å². The van der Waals surface area contributed by atoms with Crippen LogP contribution in [0.25, 0.3) is 11.1 Å². The molecule has 2 aromatic carbocycles. The van der Waals surface area contributed by atoms with Crippen LogP contribution in [0.5, 0.6) is 0 Å². The molecule has 4 aliphatic rings. The average Bonchev–Trinajstić information content (AvgIpc) is 3.99. The summed E-state index contributed by atoms with van der Waals surface area (Å²) in [7, 11) is 5.10. The molecular formula is C45H52ClN9O6. The molecule has 2 fully saturated rings. The Morgan fingerprint density at radius 3 is 2.07 bits per heavy atom. The van der Waals surface area contributed by atoms with Crippen molar-refractivity contribution in [2.75, 3.05) is 37.4 Å². The highest BCUT2D eigenvalue weighted by molar-refractivity contribution is 6.36. The Labute approximate surface area is 360 Å². The summed E-state index contributed by atoms with van der Waals surface area (Å²) in [6.45, 7) is 8.48. The number of halogens is 1. The zero-order valence-corrected chi connectivity index (χ0v) is 36.4. The van der Waals surface area contributed by atoms with Crippen LogP contribution in [0.3, 0.4) is 0 Å². The lowest BCUT2D eigenvalue weighted by Crippen LogP contribution is -2.40. The first kappa shape index (κ1) is 42.0. The molecule has 2 saturated carbocycles. The lowest BCUT2D eigenvalue weighted by molar-refractivity contribution is -0.152. The number of hydrogen-bond acceptors (Lipinski definition) is 10. The second-order valence-corrected chi connectivity index (χ2v) is 18.4. The summed E-state index contributed by atoms with van der Waals surface area (Å²) in [6.07, 6.45) is 6.71. The number of fused-ring (bicyclic) bond motifs is 4. The van der Waals surface area contributed by atoms with Gasteiger partial charge in [-0.3, -0.25) is 19.3 Å². The first-order valence-corrected chi connectivity index (χ1v) is 21.2. The number of nitriles is 1. The highest BCUT2D eigenvalue weighted by Crippen LogP contribution is 2.63. The van der Waals surface area contributed by atoms with Gasteiger partial charge in [0, 0.05) is 69.1 Å². The van der Waals surface area contributed by atoms with Gasteiger partial charge in [0.15, 0.2) is 11.6 Å². The number of benzene rings is 2. The van der Waals surface area contributed by atoms with Gasteiger partial charge >= 0.3 is 12.1 Å². The molecule has 15 nitrogen and oxygen atoms in total. The normalized spacial score (nSPS) is 20.7. The molecule has 2 aliphatic heterocycles. The van der Waals surface area contributed by atoms with Crippen LogP contribution in [0.15, 0.2) is 36.4 Å². The van der Waals surface area contributed by atoms with Crippen molar-refractivity contribution in [3.8, 4) is 17.2 Å². The summed E-state index contributed by atoms with van der Waals surface area (Å²) in [4.78, 5) is 66.2. The largest absolute Gasteiger partial charge is 0.469 e. The minimum absolute atomic E-state index is 0.0543. The van der Waals surface area contributed by atoms with Crippen LogP contribution < -0.4 is 10.6 Å². The van der Waals surface area contributed by atoms with Gasteiger partial charge in [0.05, 0.1) is 52.4 Å². The number of ether oxygens (including phenoxy) is 2. The quantitative estimate of drug-likeness (QED) is 0.167. The van der Waals surface area contributed by atoms with E-state index in [4.69, 9.17) is 26.1 Å². The topological polar surface area (TPSA) is 177 Å². The van der Waals surface area contributed by atoms with Gasteiger partial charge in [-0.1, -0.05) is 35.9 Å². The Morgan fingerprint density at radius 2 is 1.44 bits per heavy atom. The molecule has 320 valence electrons. The van der Waals surface area contributed by atoms with Crippen molar-refractivity contribution in [1.29, 1.82) is 5.26 Å². The maximum absolute atomic E-state index is 13.8. The van der Waals surface area contributed by atoms with E-state index in [-0.39, 0.29) is 51.3 Å². The molecule has 0 atom stereocenters. The van der Waals surface area contributed by atoms with E-state index in [0.29, 0.717) is 42.0 Å². The minimum atomic E-state index is -0.641. The maximum Gasteiger partial charge on any atom is 0.410 e. The SMILES string of the molecule is COC(=O)C12CCC(CCN3CCc4c(nc(C(=O)Nc5cccc(-c6cccc(NC(=O)c7nc8c(n7C)CCN(C(=O)OC(C)(C)C)C8)c6C#N)c5Cl)n4C)C3)(CC1)C2. The zero-order chi connectivity index (χ0) is 43.4. The third-order valence-corrected chi connectivity index (χ3v) is 13.6. The van der Waals surface area contributed by atoms with E-state index >= 15 is 0 Å². The molecule has 2 aromatic heterocycles. The predicted octanol–water partition coefficient (Wildman–Crippen LogP) is 7.02. The highest BCUT2D eigenvalue weighted by atomic mass is 35.5. The summed E-state index contributed by atoms with van der Waals surface area (Å²) in [5.41, 5.74) is 4.35. The van der Waals surface area contributed by atoms with E-state index in [2.05, 4.69) is 26.6 Å². The lowest BCUT2D eigenvalue weighted by Gasteiger charge is -2.32. The van der Waals surface area contributed by atoms with Crippen molar-refractivity contribution >= 4 is 46.9 Å². The average molecular weight is 850 g/mol. The Kier molecular flexibility index (Phi) is 11.0. The molecule has 4 heterocycles. The third kappa shape index (κ3) is 7.87. The fraction of sp³-hybridized carbons (Fsp3) is 0.489. The first-order chi connectivity index (χ1) is 29.0. The van der Waals surface area contributed by atoms with E-state index in [0.717, 1.165) is 75.1 Å². The second-order valence-electron chi connectivity index (χ2n) is 18.1. The molecule has 0 unspecified atom stereocenters. The fourth-order valence-corrected chi connectivity index (χ4v) is 10.2. The Bertz CT molecular complexity index is 2490. The molecule has 2 bridgehead atoms. The van der Waals surface area contributed by atoms with Gasteiger partial charge in [0.2, 0.25) is 0 Å². The molecule has 16 heteroatoms. The van der Waals surface area contributed by atoms with Gasteiger partial charge in [-0.15, -0.1) is 0 Å². The van der Waals surface area contributed by atoms with Gasteiger partial charge in [0.25, 0.3) is 11.8 Å². The molecule has 8 rings (SSSR count). The van der Waals surface area contributed by atoms with Gasteiger partial charge in [-0.2, -0.15) is 5.26 Å². The smallest absolute Gasteiger partial charge is 0.410 e. The van der Waals surface area contributed by atoms with E-state index < -0.39 is 23.5 Å². The lowest BCUT2D eigenvalue weighted by atomic mass is 9.80. The molecule has 0 saturated heterocycles. The van der Waals surface area contributed by atoms with Crippen LogP contribution in [0.1, 0.15) is 109 Å². The number of hydrogen-bond donors (Lipinski definition) is 2. The van der Waals surface area contributed by atoms with Gasteiger partial charge in [-0.25, -0.2) is 14.8 Å². The number of nitrogens with zero attached hydrogens (tertiary/aromatic N) is 7. The van der Waals surface area contributed by atoms with E-state index in [1.165, 1.54) is 7.11 Å². The minimum Gasteiger partial charge on any atom is -0.469 e. The first-order valence-electron chi connectivity index (χ1n) is 20.9. The number of amides is 3. The van der Waals surface area contributed by atoms with Crippen LogP contribution in [0, 0.1) is 22.2 Å². The summed E-state index contributed by atoms with van der Waals surface area (Å²) in [5.74, 6) is -0.566. The van der Waals surface area contributed by atoms with Crippen LogP contribution in [-0.2, 0) is 54.3 Å². The molecule has 61 heavy (non-hydrogen) atoms. The second kappa shape index (κ2) is 16.0. The molecule has 2 N–H and O–H groups in total. The summed E-state index contributed by atoms with van der Waals surface area (Å²) in [6, 6.07) is 12.5. The van der Waals surface area contributed by atoms with Crippen LogP contribution in [0.2, 0.25) is 5.02 Å². The number of nitrogens with one attached hydrogen (secondary N) is 2. The standard InChI is InChI=1S/C45H52ClN9O6/c1-43(2,3)61-42(59)55-21-14-35-33(25-55)49-37(53(35)5)39(56)50-30-11-7-9-27(29(30)23-47)28-10-8-12-31(36(28)46)51-40(57)38-48-32-24-54(20-13-34(32)52(38)4)22-19-44-15-17-45(26-44,18-16-44)41(58)60-6/h7-12H,13-22,24-26H2,1-6H3,(H,50,56)(H,51,57). The predicted molar refractivity (Wildman–Crippen MR) is 228 cm³/mol. The van der Waals surface area contributed by atoms with Gasteiger partial charge in [0.1, 0.15) is 11.7 Å². The van der Waals surface area contributed by atoms with Crippen molar-refractivity contribution in [2.45, 2.75) is 90.8 Å². The molecule has 2 aliphatic carbocycles. The molecule has 0 spiro atoms. The highest BCUT2D eigenvalue weighted by Gasteiger charge is 2.58. The number of carbonyl (C=O) groups is 4. The van der Waals surface area contributed by atoms with Gasteiger partial charge < -0.3 is 34.1 Å². The third-order valence-electron chi connectivity index (χ3n) is 13.2. The van der Waals surface area contributed by atoms with Crippen molar-refractivity contribution in [3.05, 3.63) is 81.4 Å². The maximum atomic E-state index is 13.8. The molecule has 0 radical (unpaired) electrons. The summed E-state index contributed by atoms with van der Waals surface area (Å²) < 4.78 is 14.3. The van der Waals surface area contributed by atoms with Crippen LogP contribution in [0.4, 0.5) is 16.2 Å². The van der Waals surface area contributed by atoms with Crippen molar-refractivity contribution in [1.82, 2.24) is 28.9 Å². The summed E-state index contributed by atoms with van der Waals surface area (Å²) >= 11 is 6.99. The van der Waals surface area contributed by atoms with E-state index in [1.54, 1.807) is 52.9 Å². The van der Waals surface area contributed by atoms with Crippen molar-refractivity contribution in [3.63, 3.8) is 0 Å². The Balaban J connectivity index is 0.943. The van der Waals surface area contributed by atoms with E-state index in [1.807, 2.05) is 32.4 Å². The number of imidazole rings is 2. The van der Waals surface area contributed by atoms with Crippen molar-refractivity contribution in [2.24, 2.45) is 24.9 Å². The number of rotatable bonds is 9. The number of carbonyl (C=O) groups excluding carboxylic acids is 4. The molecule has 4 aromatic rings. The van der Waals surface area contributed by atoms with E-state index in [9.17, 15) is 24.4 Å². The zero-order valence-electron chi connectivity index (χ0n) is 35.6. The number of aromatic nitrogens is 4. The number of anilines is 2. The summed E-state index contributed by atoms with van der Waals surface area (Å²) in [5, 5.41) is 16.5. The Morgan fingerprint density at radius 1 is 0.852 bits per heavy atom.